The molecule has 45 heavy (non-hydrogen) atoms. The van der Waals surface area contributed by atoms with Crippen molar-refractivity contribution in [1.82, 2.24) is 4.57 Å². The Morgan fingerprint density at radius 3 is 2.38 bits per heavy atom. The van der Waals surface area contributed by atoms with Gasteiger partial charge in [0, 0.05) is 32.7 Å². The molecule has 210 valence electrons. The molecule has 1 aliphatic rings. The van der Waals surface area contributed by atoms with Gasteiger partial charge in [0.15, 0.2) is 5.69 Å². The Kier molecular flexibility index (Phi) is 5.06. The first-order valence-electron chi connectivity index (χ1n) is 15.0. The molecular formula is C41H25N3O. The summed E-state index contributed by atoms with van der Waals surface area (Å²) in [5.74, 6) is 0. The first-order chi connectivity index (χ1) is 22.0. The van der Waals surface area contributed by atoms with Crippen molar-refractivity contribution in [1.29, 1.82) is 5.26 Å². The molecular weight excluding hydrogens is 550 g/mol. The van der Waals surface area contributed by atoms with E-state index >= 15 is 0 Å². The van der Waals surface area contributed by atoms with Crippen molar-refractivity contribution in [2.24, 2.45) is 0 Å². The molecule has 0 amide bonds. The molecule has 1 aliphatic carbocycles. The minimum Gasteiger partial charge on any atom is -0.455 e. The topological polar surface area (TPSA) is 46.2 Å². The Bertz CT molecular complexity index is 2650. The van der Waals surface area contributed by atoms with Gasteiger partial charge in [0.25, 0.3) is 0 Å². The monoisotopic (exact) mass is 575 g/mol. The van der Waals surface area contributed by atoms with Crippen LogP contribution in [-0.2, 0) is 5.41 Å². The normalized spacial score (nSPS) is 13.2. The van der Waals surface area contributed by atoms with Crippen LogP contribution in [0.25, 0.3) is 76.5 Å². The lowest BCUT2D eigenvalue weighted by Crippen LogP contribution is -2.14. The summed E-state index contributed by atoms with van der Waals surface area (Å²) in [7, 11) is 0. The highest BCUT2D eigenvalue weighted by atomic mass is 16.3. The zero-order valence-corrected chi connectivity index (χ0v) is 24.7. The molecule has 2 heterocycles. The van der Waals surface area contributed by atoms with Crippen LogP contribution >= 0.6 is 0 Å². The Morgan fingerprint density at radius 2 is 1.51 bits per heavy atom. The Hall–Kier alpha value is -6.10. The molecule has 2 aromatic heterocycles. The summed E-state index contributed by atoms with van der Waals surface area (Å²) in [6.45, 7) is 12.1. The zero-order valence-electron chi connectivity index (χ0n) is 24.7. The van der Waals surface area contributed by atoms with Crippen LogP contribution in [0.5, 0.6) is 0 Å². The SMILES string of the molecule is [C-]#[N+]c1ccc2c(c1)c1ccccc1n2-c1c(C#N)cccc1-c1ccc2oc3c4c(ccc3c2c1)C(C)(C)c1ccccc1-4. The molecule has 0 saturated heterocycles. The van der Waals surface area contributed by atoms with Gasteiger partial charge in [0.05, 0.1) is 28.9 Å². The van der Waals surface area contributed by atoms with Crippen molar-refractivity contribution < 1.29 is 4.42 Å². The highest BCUT2D eigenvalue weighted by molar-refractivity contribution is 6.14. The third-order valence-electron chi connectivity index (χ3n) is 9.66. The van der Waals surface area contributed by atoms with Crippen LogP contribution in [0.2, 0.25) is 0 Å². The van der Waals surface area contributed by atoms with E-state index in [2.05, 4.69) is 102 Å². The number of nitriles is 1. The van der Waals surface area contributed by atoms with Crippen molar-refractivity contribution in [2.75, 3.05) is 0 Å². The van der Waals surface area contributed by atoms with E-state index in [1.165, 1.54) is 22.3 Å². The fraction of sp³-hybridized carbons (Fsp3) is 0.0732. The standard InChI is InChI=1S/C41H25N3O/c1-41(2)33-13-6-4-11-30(33)38-34(41)18-17-29-32-21-24(15-20-37(32)45-40(29)38)27-12-8-9-25(23-42)39(27)44-35-14-7-5-10-28(35)31-22-26(43-3)16-19-36(31)44/h4-22H,1-2H3. The quantitative estimate of drug-likeness (QED) is 0.193. The lowest BCUT2D eigenvalue weighted by molar-refractivity contribution is 0.653. The van der Waals surface area contributed by atoms with Gasteiger partial charge < -0.3 is 8.98 Å². The Morgan fingerprint density at radius 1 is 0.711 bits per heavy atom. The highest BCUT2D eigenvalue weighted by Gasteiger charge is 2.37. The van der Waals surface area contributed by atoms with E-state index in [4.69, 9.17) is 11.0 Å². The summed E-state index contributed by atoms with van der Waals surface area (Å²) in [4.78, 5) is 3.68. The van der Waals surface area contributed by atoms with Crippen molar-refractivity contribution in [3.05, 3.63) is 143 Å². The summed E-state index contributed by atoms with van der Waals surface area (Å²) >= 11 is 0. The predicted molar refractivity (Wildman–Crippen MR) is 182 cm³/mol. The van der Waals surface area contributed by atoms with Gasteiger partial charge >= 0.3 is 0 Å². The third kappa shape index (κ3) is 3.34. The molecule has 0 unspecified atom stereocenters. The van der Waals surface area contributed by atoms with Gasteiger partial charge in [-0.25, -0.2) is 4.85 Å². The van der Waals surface area contributed by atoms with Crippen LogP contribution in [0.15, 0.2) is 120 Å². The number of aromatic nitrogens is 1. The van der Waals surface area contributed by atoms with Crippen molar-refractivity contribution in [3.8, 4) is 34.0 Å². The first-order valence-corrected chi connectivity index (χ1v) is 15.0. The van der Waals surface area contributed by atoms with Crippen LogP contribution < -0.4 is 0 Å². The van der Waals surface area contributed by atoms with Crippen LogP contribution in [0.3, 0.4) is 0 Å². The Balaban J connectivity index is 1.32. The van der Waals surface area contributed by atoms with E-state index in [-0.39, 0.29) is 5.41 Å². The molecule has 0 atom stereocenters. The minimum atomic E-state index is -0.102. The van der Waals surface area contributed by atoms with Crippen LogP contribution in [-0.4, -0.2) is 4.57 Å². The van der Waals surface area contributed by atoms with Crippen LogP contribution in [0, 0.1) is 17.9 Å². The molecule has 4 heteroatoms. The molecule has 4 nitrogen and oxygen atoms in total. The maximum absolute atomic E-state index is 10.4. The number of hydrogen-bond acceptors (Lipinski definition) is 2. The third-order valence-corrected chi connectivity index (χ3v) is 9.66. The number of para-hydroxylation sites is 2. The highest BCUT2D eigenvalue weighted by Crippen LogP contribution is 2.52. The minimum absolute atomic E-state index is 0.102. The number of furan rings is 1. The van der Waals surface area contributed by atoms with E-state index < -0.39 is 0 Å². The average molecular weight is 576 g/mol. The molecule has 0 bridgehead atoms. The van der Waals surface area contributed by atoms with E-state index in [1.54, 1.807) is 0 Å². The number of hydrogen-bond donors (Lipinski definition) is 0. The molecule has 0 spiro atoms. The van der Waals surface area contributed by atoms with Gasteiger partial charge in [0.2, 0.25) is 0 Å². The second kappa shape index (κ2) is 8.96. The second-order valence-electron chi connectivity index (χ2n) is 12.3. The smallest absolute Gasteiger partial charge is 0.188 e. The summed E-state index contributed by atoms with van der Waals surface area (Å²) in [6, 6.07) is 41.8. The second-order valence-corrected chi connectivity index (χ2v) is 12.3. The fourth-order valence-electron chi connectivity index (χ4n) is 7.57. The number of benzene rings is 6. The molecule has 0 N–H and O–H groups in total. The first kappa shape index (κ1) is 25.4. The van der Waals surface area contributed by atoms with Gasteiger partial charge in [-0.05, 0) is 64.0 Å². The lowest BCUT2D eigenvalue weighted by Gasteiger charge is -2.21. The van der Waals surface area contributed by atoms with E-state index in [9.17, 15) is 5.26 Å². The van der Waals surface area contributed by atoms with Gasteiger partial charge in [-0.2, -0.15) is 5.26 Å². The predicted octanol–water partition coefficient (Wildman–Crippen LogP) is 11.1. The molecule has 0 radical (unpaired) electrons. The van der Waals surface area contributed by atoms with Crippen molar-refractivity contribution in [3.63, 3.8) is 0 Å². The maximum Gasteiger partial charge on any atom is 0.188 e. The Labute approximate surface area is 259 Å². The zero-order chi connectivity index (χ0) is 30.4. The van der Waals surface area contributed by atoms with Crippen LogP contribution in [0.1, 0.15) is 30.5 Å². The number of rotatable bonds is 2. The fourth-order valence-corrected chi connectivity index (χ4v) is 7.57. The van der Waals surface area contributed by atoms with E-state index in [0.29, 0.717) is 11.3 Å². The number of nitrogens with zero attached hydrogens (tertiary/aromatic N) is 3. The van der Waals surface area contributed by atoms with Crippen molar-refractivity contribution >= 4 is 49.4 Å². The lowest BCUT2D eigenvalue weighted by atomic mass is 9.82. The number of fused-ring (bicyclic) bond motifs is 10. The van der Waals surface area contributed by atoms with Gasteiger partial charge in [0.1, 0.15) is 17.2 Å². The molecule has 0 saturated carbocycles. The van der Waals surface area contributed by atoms with Gasteiger partial charge in [-0.3, -0.25) is 0 Å². The summed E-state index contributed by atoms with van der Waals surface area (Å²) in [6.07, 6.45) is 0. The summed E-state index contributed by atoms with van der Waals surface area (Å²) in [5, 5.41) is 14.6. The van der Waals surface area contributed by atoms with E-state index in [0.717, 1.165) is 60.6 Å². The van der Waals surface area contributed by atoms with E-state index in [1.807, 2.05) is 42.5 Å². The van der Waals surface area contributed by atoms with Gasteiger partial charge in [-0.15, -0.1) is 0 Å². The van der Waals surface area contributed by atoms with Crippen LogP contribution in [0.4, 0.5) is 5.69 Å². The summed E-state index contributed by atoms with van der Waals surface area (Å²) in [5.41, 5.74) is 12.6. The average Bonchev–Trinajstić information content (AvgIpc) is 3.69. The molecule has 6 aromatic carbocycles. The molecule has 8 aromatic rings. The molecule has 0 aliphatic heterocycles. The maximum atomic E-state index is 10.4. The summed E-state index contributed by atoms with van der Waals surface area (Å²) < 4.78 is 8.82. The molecule has 9 rings (SSSR count). The van der Waals surface area contributed by atoms with Gasteiger partial charge in [-0.1, -0.05) is 92.7 Å². The largest absolute Gasteiger partial charge is 0.455 e. The van der Waals surface area contributed by atoms with Crippen molar-refractivity contribution in [2.45, 2.75) is 19.3 Å². The molecule has 0 fully saturated rings.